The smallest absolute Gasteiger partial charge is 0.328 e. The molecule has 3 N–H and O–H groups in total. The number of carbonyl (C=O) groups is 2. The Labute approximate surface area is 87.2 Å². The van der Waals surface area contributed by atoms with Crippen molar-refractivity contribution >= 4 is 11.9 Å². The molecule has 1 amide bonds. The number of aliphatic hydroxyl groups excluding tert-OH is 1. The second-order valence-corrected chi connectivity index (χ2v) is 3.50. The average Bonchev–Trinajstić information content (AvgIpc) is 2.26. The molecule has 1 unspecified atom stereocenters. The van der Waals surface area contributed by atoms with Crippen molar-refractivity contribution in [3.63, 3.8) is 0 Å². The number of amides is 1. The topological polar surface area (TPSA) is 95.9 Å². The number of aliphatic hydroxyl groups is 1. The predicted molar refractivity (Wildman–Crippen MR) is 50.2 cm³/mol. The fourth-order valence-corrected chi connectivity index (χ4v) is 1.42. The fourth-order valence-electron chi connectivity index (χ4n) is 1.42. The molecule has 1 aliphatic heterocycles. The molecule has 15 heavy (non-hydrogen) atoms. The van der Waals surface area contributed by atoms with Gasteiger partial charge in [0, 0.05) is 6.61 Å². The molecule has 6 heteroatoms. The summed E-state index contributed by atoms with van der Waals surface area (Å²) in [5.74, 6) is -1.90. The molecule has 86 valence electrons. The van der Waals surface area contributed by atoms with E-state index < -0.39 is 18.6 Å². The summed E-state index contributed by atoms with van der Waals surface area (Å²) in [5, 5.41) is 19.6. The molecular weight excluding hydrogens is 202 g/mol. The molecule has 0 aromatic rings. The van der Waals surface area contributed by atoms with Crippen LogP contribution in [0.15, 0.2) is 0 Å². The van der Waals surface area contributed by atoms with Crippen LogP contribution in [-0.2, 0) is 14.3 Å². The van der Waals surface area contributed by atoms with Crippen molar-refractivity contribution in [3.8, 4) is 0 Å². The summed E-state index contributed by atoms with van der Waals surface area (Å²) in [6.45, 7) is 0.365. The van der Waals surface area contributed by atoms with E-state index in [1.165, 1.54) is 0 Å². The lowest BCUT2D eigenvalue weighted by molar-refractivity contribution is -0.144. The SMILES string of the molecule is O=C(N[C@H](CO)C(=O)O)C1CCCOC1. The molecule has 0 aromatic carbocycles. The van der Waals surface area contributed by atoms with Gasteiger partial charge in [-0.05, 0) is 12.8 Å². The van der Waals surface area contributed by atoms with Gasteiger partial charge in [-0.2, -0.15) is 0 Å². The van der Waals surface area contributed by atoms with Gasteiger partial charge in [0.25, 0.3) is 0 Å². The lowest BCUT2D eigenvalue weighted by Gasteiger charge is -2.22. The maximum Gasteiger partial charge on any atom is 0.328 e. The molecule has 1 heterocycles. The zero-order chi connectivity index (χ0) is 11.3. The lowest BCUT2D eigenvalue weighted by Crippen LogP contribution is -2.47. The van der Waals surface area contributed by atoms with Crippen LogP contribution in [0, 0.1) is 5.92 Å². The predicted octanol–water partition coefficient (Wildman–Crippen LogP) is -1.03. The molecule has 1 fully saturated rings. The number of aliphatic carboxylic acids is 1. The van der Waals surface area contributed by atoms with E-state index in [9.17, 15) is 9.59 Å². The molecule has 0 saturated carbocycles. The Kier molecular flexibility index (Phi) is 4.51. The largest absolute Gasteiger partial charge is 0.480 e. The second kappa shape index (κ2) is 5.67. The first kappa shape index (κ1) is 11.9. The third-order valence-corrected chi connectivity index (χ3v) is 2.33. The maximum atomic E-state index is 11.5. The number of hydrogen-bond donors (Lipinski definition) is 3. The Morgan fingerprint density at radius 1 is 1.53 bits per heavy atom. The minimum absolute atomic E-state index is 0.299. The van der Waals surface area contributed by atoms with Crippen molar-refractivity contribution in [3.05, 3.63) is 0 Å². The van der Waals surface area contributed by atoms with Crippen molar-refractivity contribution in [1.82, 2.24) is 5.32 Å². The van der Waals surface area contributed by atoms with Crippen molar-refractivity contribution in [2.45, 2.75) is 18.9 Å². The van der Waals surface area contributed by atoms with Crippen LogP contribution in [0.4, 0.5) is 0 Å². The highest BCUT2D eigenvalue weighted by Crippen LogP contribution is 2.13. The molecule has 1 aliphatic rings. The quantitative estimate of drug-likeness (QED) is 0.560. The van der Waals surface area contributed by atoms with Crippen LogP contribution < -0.4 is 5.32 Å². The molecule has 0 aromatic heterocycles. The number of carboxylic acid groups (broad SMARTS) is 1. The lowest BCUT2D eigenvalue weighted by atomic mass is 10.0. The first-order valence-corrected chi connectivity index (χ1v) is 4.87. The Bertz CT molecular complexity index is 237. The van der Waals surface area contributed by atoms with Gasteiger partial charge in [-0.15, -0.1) is 0 Å². The molecule has 2 atom stereocenters. The number of nitrogens with one attached hydrogen (secondary N) is 1. The highest BCUT2D eigenvalue weighted by atomic mass is 16.5. The second-order valence-electron chi connectivity index (χ2n) is 3.50. The average molecular weight is 217 g/mol. The summed E-state index contributed by atoms with van der Waals surface area (Å²) < 4.78 is 5.11. The molecule has 0 radical (unpaired) electrons. The maximum absolute atomic E-state index is 11.5. The van der Waals surface area contributed by atoms with Gasteiger partial charge in [-0.3, -0.25) is 4.79 Å². The van der Waals surface area contributed by atoms with E-state index in [0.29, 0.717) is 19.6 Å². The molecule has 1 saturated heterocycles. The van der Waals surface area contributed by atoms with Gasteiger partial charge in [-0.1, -0.05) is 0 Å². The monoisotopic (exact) mass is 217 g/mol. The molecule has 1 rings (SSSR count). The number of rotatable bonds is 4. The summed E-state index contributed by atoms with van der Waals surface area (Å²) in [7, 11) is 0. The summed E-state index contributed by atoms with van der Waals surface area (Å²) in [4.78, 5) is 22.0. The number of carboxylic acids is 1. The highest BCUT2D eigenvalue weighted by Gasteiger charge is 2.26. The third-order valence-electron chi connectivity index (χ3n) is 2.33. The molecule has 0 aliphatic carbocycles. The molecule has 6 nitrogen and oxygen atoms in total. The van der Waals surface area contributed by atoms with E-state index in [1.54, 1.807) is 0 Å². The Hall–Kier alpha value is -1.14. The van der Waals surface area contributed by atoms with Crippen molar-refractivity contribution in [2.75, 3.05) is 19.8 Å². The summed E-state index contributed by atoms with van der Waals surface area (Å²) >= 11 is 0. The van der Waals surface area contributed by atoms with E-state index in [-0.39, 0.29) is 11.8 Å². The molecule has 0 bridgehead atoms. The van der Waals surface area contributed by atoms with Crippen LogP contribution in [0.1, 0.15) is 12.8 Å². The van der Waals surface area contributed by atoms with E-state index in [2.05, 4.69) is 5.32 Å². The van der Waals surface area contributed by atoms with Crippen molar-refractivity contribution in [1.29, 1.82) is 0 Å². The van der Waals surface area contributed by atoms with E-state index in [1.807, 2.05) is 0 Å². The van der Waals surface area contributed by atoms with E-state index in [0.717, 1.165) is 6.42 Å². The van der Waals surface area contributed by atoms with Crippen LogP contribution in [-0.4, -0.2) is 48.0 Å². The summed E-state index contributed by atoms with van der Waals surface area (Å²) in [6.07, 6.45) is 1.50. The van der Waals surface area contributed by atoms with Crippen LogP contribution in [0.5, 0.6) is 0 Å². The Balaban J connectivity index is 2.42. The third kappa shape index (κ3) is 3.49. The van der Waals surface area contributed by atoms with Crippen LogP contribution in [0.25, 0.3) is 0 Å². The normalized spacial score (nSPS) is 23.1. The van der Waals surface area contributed by atoms with Gasteiger partial charge in [0.2, 0.25) is 5.91 Å². The minimum atomic E-state index is -1.23. The summed E-state index contributed by atoms with van der Waals surface area (Å²) in [5.41, 5.74) is 0. The van der Waals surface area contributed by atoms with Gasteiger partial charge < -0.3 is 20.3 Å². The minimum Gasteiger partial charge on any atom is -0.480 e. The van der Waals surface area contributed by atoms with Gasteiger partial charge >= 0.3 is 5.97 Å². The fraction of sp³-hybridized carbons (Fsp3) is 0.778. The first-order valence-electron chi connectivity index (χ1n) is 4.87. The Morgan fingerprint density at radius 2 is 2.27 bits per heavy atom. The Morgan fingerprint density at radius 3 is 2.73 bits per heavy atom. The number of ether oxygens (including phenoxy) is 1. The number of carbonyl (C=O) groups excluding carboxylic acids is 1. The van der Waals surface area contributed by atoms with Crippen molar-refractivity contribution in [2.24, 2.45) is 5.92 Å². The van der Waals surface area contributed by atoms with Crippen molar-refractivity contribution < 1.29 is 24.5 Å². The van der Waals surface area contributed by atoms with Gasteiger partial charge in [0.05, 0.1) is 19.1 Å². The van der Waals surface area contributed by atoms with Crippen LogP contribution in [0.3, 0.4) is 0 Å². The highest BCUT2D eigenvalue weighted by molar-refractivity contribution is 5.85. The van der Waals surface area contributed by atoms with Crippen LogP contribution in [0.2, 0.25) is 0 Å². The van der Waals surface area contributed by atoms with Crippen LogP contribution >= 0.6 is 0 Å². The van der Waals surface area contributed by atoms with Gasteiger partial charge in [0.15, 0.2) is 0 Å². The van der Waals surface area contributed by atoms with Gasteiger partial charge in [-0.25, -0.2) is 4.79 Å². The van der Waals surface area contributed by atoms with E-state index in [4.69, 9.17) is 14.9 Å². The number of hydrogen-bond acceptors (Lipinski definition) is 4. The molecular formula is C9H15NO5. The van der Waals surface area contributed by atoms with Gasteiger partial charge in [0.1, 0.15) is 6.04 Å². The summed E-state index contributed by atoms with van der Waals surface area (Å²) in [6, 6.07) is -1.22. The molecule has 0 spiro atoms. The van der Waals surface area contributed by atoms with E-state index >= 15 is 0 Å². The standard InChI is InChI=1S/C9H15NO5/c11-4-7(9(13)14)10-8(12)6-2-1-3-15-5-6/h6-7,11H,1-5H2,(H,10,12)(H,13,14)/t6?,7-/m1/s1. The first-order chi connectivity index (χ1) is 7.15. The zero-order valence-corrected chi connectivity index (χ0v) is 8.31. The zero-order valence-electron chi connectivity index (χ0n) is 8.31.